The number of H-pyrrole nitrogens is 1. The highest BCUT2D eigenvalue weighted by molar-refractivity contribution is 7.99. The number of anilines is 1. The van der Waals surface area contributed by atoms with Crippen LogP contribution in [0.1, 0.15) is 6.92 Å². The number of thioether (sulfide) groups is 1. The maximum atomic E-state index is 11.0. The first-order valence-electron chi connectivity index (χ1n) is 4.29. The van der Waals surface area contributed by atoms with Crippen molar-refractivity contribution in [2.45, 2.75) is 12.1 Å². The van der Waals surface area contributed by atoms with E-state index in [-0.39, 0.29) is 11.4 Å². The lowest BCUT2D eigenvalue weighted by Gasteiger charge is -2.01. The van der Waals surface area contributed by atoms with Gasteiger partial charge in [0.1, 0.15) is 5.82 Å². The van der Waals surface area contributed by atoms with Crippen molar-refractivity contribution >= 4 is 17.6 Å². The molecule has 0 radical (unpaired) electrons. The zero-order valence-electron chi connectivity index (χ0n) is 7.95. The van der Waals surface area contributed by atoms with Crippen LogP contribution in [-0.4, -0.2) is 28.9 Å². The van der Waals surface area contributed by atoms with Crippen LogP contribution in [0.4, 0.5) is 5.82 Å². The van der Waals surface area contributed by atoms with Crippen LogP contribution < -0.4 is 11.3 Å². The minimum absolute atomic E-state index is 0.226. The van der Waals surface area contributed by atoms with Gasteiger partial charge in [0.2, 0.25) is 0 Å². The fourth-order valence-corrected chi connectivity index (χ4v) is 1.60. The van der Waals surface area contributed by atoms with E-state index >= 15 is 0 Å². The summed E-state index contributed by atoms with van der Waals surface area (Å²) in [6.07, 6.45) is 0. The molecule has 1 heterocycles. The van der Waals surface area contributed by atoms with Crippen molar-refractivity contribution in [3.8, 4) is 0 Å². The third kappa shape index (κ3) is 3.80. The second-order valence-corrected chi connectivity index (χ2v) is 3.60. The van der Waals surface area contributed by atoms with Gasteiger partial charge in [0.25, 0.3) is 5.56 Å². The second-order valence-electron chi connectivity index (χ2n) is 2.52. The first-order chi connectivity index (χ1) is 6.72. The molecule has 0 aliphatic carbocycles. The van der Waals surface area contributed by atoms with Crippen molar-refractivity contribution in [1.82, 2.24) is 9.97 Å². The molecular weight excluding hydrogens is 202 g/mol. The van der Waals surface area contributed by atoms with Crippen LogP contribution in [0.2, 0.25) is 0 Å². The Hall–Kier alpha value is -1.01. The lowest BCUT2D eigenvalue weighted by molar-refractivity contribution is 0.164. The molecular formula is C8H13N3O2S. The number of nitrogens with one attached hydrogen (secondary N) is 1. The lowest BCUT2D eigenvalue weighted by Crippen LogP contribution is -2.10. The Labute approximate surface area is 86.1 Å². The maximum absolute atomic E-state index is 11.0. The van der Waals surface area contributed by atoms with Crippen LogP contribution >= 0.6 is 11.8 Å². The summed E-state index contributed by atoms with van der Waals surface area (Å²) in [5.74, 6) is 0.993. The average molecular weight is 215 g/mol. The van der Waals surface area contributed by atoms with E-state index in [2.05, 4.69) is 9.97 Å². The summed E-state index contributed by atoms with van der Waals surface area (Å²) < 4.78 is 5.14. The van der Waals surface area contributed by atoms with E-state index in [1.54, 1.807) is 0 Å². The molecule has 0 saturated carbocycles. The van der Waals surface area contributed by atoms with Gasteiger partial charge >= 0.3 is 0 Å². The average Bonchev–Trinajstić information content (AvgIpc) is 2.11. The van der Waals surface area contributed by atoms with Gasteiger partial charge in [-0.2, -0.15) is 0 Å². The topological polar surface area (TPSA) is 81.0 Å². The molecule has 1 aromatic heterocycles. The van der Waals surface area contributed by atoms with Crippen LogP contribution in [0.5, 0.6) is 0 Å². The number of aromatic nitrogens is 2. The van der Waals surface area contributed by atoms with Gasteiger partial charge in [-0.1, -0.05) is 11.8 Å². The third-order valence-electron chi connectivity index (χ3n) is 1.41. The Bertz CT molecular complexity index is 340. The molecule has 0 amide bonds. The molecule has 3 N–H and O–H groups in total. The zero-order chi connectivity index (χ0) is 10.4. The Morgan fingerprint density at radius 1 is 1.71 bits per heavy atom. The SMILES string of the molecule is CCOCCSc1nc(N)cc(=O)[nH]1. The van der Waals surface area contributed by atoms with Gasteiger partial charge in [-0.05, 0) is 6.92 Å². The molecule has 0 spiro atoms. The van der Waals surface area contributed by atoms with Gasteiger partial charge in [-0.15, -0.1) is 0 Å². The van der Waals surface area contributed by atoms with E-state index in [1.165, 1.54) is 17.8 Å². The van der Waals surface area contributed by atoms with Gasteiger partial charge in [-0.25, -0.2) is 4.98 Å². The number of nitrogens with zero attached hydrogens (tertiary/aromatic N) is 1. The Morgan fingerprint density at radius 2 is 2.50 bits per heavy atom. The van der Waals surface area contributed by atoms with Crippen molar-refractivity contribution < 1.29 is 4.74 Å². The minimum Gasteiger partial charge on any atom is -0.383 e. The number of hydrogen-bond acceptors (Lipinski definition) is 5. The summed E-state index contributed by atoms with van der Waals surface area (Å²) in [6, 6.07) is 1.26. The normalized spacial score (nSPS) is 10.4. The number of hydrogen-bond donors (Lipinski definition) is 2. The summed E-state index contributed by atoms with van der Waals surface area (Å²) in [5.41, 5.74) is 5.19. The van der Waals surface area contributed by atoms with Crippen LogP contribution in [0, 0.1) is 0 Å². The quantitative estimate of drug-likeness (QED) is 0.424. The van der Waals surface area contributed by atoms with E-state index in [0.717, 1.165) is 5.75 Å². The molecule has 0 unspecified atom stereocenters. The van der Waals surface area contributed by atoms with Crippen molar-refractivity contribution in [1.29, 1.82) is 0 Å². The molecule has 5 nitrogen and oxygen atoms in total. The van der Waals surface area contributed by atoms with E-state index < -0.39 is 0 Å². The first-order valence-corrected chi connectivity index (χ1v) is 5.28. The van der Waals surface area contributed by atoms with E-state index in [4.69, 9.17) is 10.5 Å². The molecule has 6 heteroatoms. The van der Waals surface area contributed by atoms with Gasteiger partial charge in [0.05, 0.1) is 6.61 Å². The number of nitrogens with two attached hydrogens (primary N) is 1. The molecule has 0 fully saturated rings. The molecule has 0 bridgehead atoms. The Kier molecular flexibility index (Phi) is 4.48. The van der Waals surface area contributed by atoms with Gasteiger partial charge < -0.3 is 15.5 Å². The van der Waals surface area contributed by atoms with Crippen molar-refractivity contribution in [2.24, 2.45) is 0 Å². The summed E-state index contributed by atoms with van der Waals surface area (Å²) >= 11 is 1.42. The molecule has 0 atom stereocenters. The van der Waals surface area contributed by atoms with Gasteiger partial charge in [0, 0.05) is 18.4 Å². The van der Waals surface area contributed by atoms with Crippen LogP contribution in [0.25, 0.3) is 0 Å². The predicted molar refractivity (Wildman–Crippen MR) is 56.5 cm³/mol. The predicted octanol–water partition coefficient (Wildman–Crippen LogP) is 0.481. The highest BCUT2D eigenvalue weighted by Crippen LogP contribution is 2.10. The second kappa shape index (κ2) is 5.66. The van der Waals surface area contributed by atoms with E-state index in [1.807, 2.05) is 6.92 Å². The largest absolute Gasteiger partial charge is 0.383 e. The molecule has 78 valence electrons. The third-order valence-corrected chi connectivity index (χ3v) is 2.25. The number of rotatable bonds is 5. The van der Waals surface area contributed by atoms with E-state index in [9.17, 15) is 4.79 Å². The molecule has 0 aliphatic heterocycles. The van der Waals surface area contributed by atoms with Crippen LogP contribution in [0.3, 0.4) is 0 Å². The maximum Gasteiger partial charge on any atom is 0.253 e. The first kappa shape index (κ1) is 11.1. The van der Waals surface area contributed by atoms with Crippen molar-refractivity contribution in [3.63, 3.8) is 0 Å². The molecule has 1 aromatic rings. The number of nitrogen functional groups attached to an aromatic ring is 1. The fourth-order valence-electron chi connectivity index (χ4n) is 0.863. The fraction of sp³-hybridized carbons (Fsp3) is 0.500. The summed E-state index contributed by atoms with van der Waals surface area (Å²) in [4.78, 5) is 17.5. The van der Waals surface area contributed by atoms with E-state index in [0.29, 0.717) is 18.4 Å². The minimum atomic E-state index is -0.226. The molecule has 0 saturated heterocycles. The lowest BCUT2D eigenvalue weighted by atomic mass is 10.6. The van der Waals surface area contributed by atoms with Crippen molar-refractivity contribution in [2.75, 3.05) is 24.7 Å². The standard InChI is InChI=1S/C8H13N3O2S/c1-2-13-3-4-14-8-10-6(9)5-7(12)11-8/h5H,2-4H2,1H3,(H3,9,10,11,12). The monoisotopic (exact) mass is 215 g/mol. The zero-order valence-corrected chi connectivity index (χ0v) is 8.76. The van der Waals surface area contributed by atoms with Crippen LogP contribution in [-0.2, 0) is 4.74 Å². The molecule has 1 rings (SSSR count). The summed E-state index contributed by atoms with van der Waals surface area (Å²) in [6.45, 7) is 3.27. The Morgan fingerprint density at radius 3 is 3.14 bits per heavy atom. The molecule has 0 aliphatic rings. The summed E-state index contributed by atoms with van der Waals surface area (Å²) in [7, 11) is 0. The van der Waals surface area contributed by atoms with Crippen molar-refractivity contribution in [3.05, 3.63) is 16.4 Å². The van der Waals surface area contributed by atoms with Crippen LogP contribution in [0.15, 0.2) is 16.0 Å². The smallest absolute Gasteiger partial charge is 0.253 e. The highest BCUT2D eigenvalue weighted by atomic mass is 32.2. The number of ether oxygens (including phenoxy) is 1. The van der Waals surface area contributed by atoms with Gasteiger partial charge in [-0.3, -0.25) is 4.79 Å². The molecule has 14 heavy (non-hydrogen) atoms. The van der Waals surface area contributed by atoms with Gasteiger partial charge in [0.15, 0.2) is 5.16 Å². The number of aromatic amines is 1. The summed E-state index contributed by atoms with van der Waals surface area (Å²) in [5, 5.41) is 0.537. The molecule has 0 aromatic carbocycles. The highest BCUT2D eigenvalue weighted by Gasteiger charge is 1.98. The Balaban J connectivity index is 2.46.